The largest absolute Gasteiger partial charge is 0.456 e. The van der Waals surface area contributed by atoms with E-state index in [1.807, 2.05) is 36.4 Å². The third kappa shape index (κ3) is 5.20. The van der Waals surface area contributed by atoms with Crippen molar-refractivity contribution in [2.75, 3.05) is 0 Å². The van der Waals surface area contributed by atoms with E-state index in [2.05, 4.69) is 179 Å². The summed E-state index contributed by atoms with van der Waals surface area (Å²) in [4.78, 5) is 10.6. The maximum atomic E-state index is 6.52. The summed E-state index contributed by atoms with van der Waals surface area (Å²) in [5.41, 5.74) is 14.8. The quantitative estimate of drug-likeness (QED) is 0.174. The van der Waals surface area contributed by atoms with Crippen molar-refractivity contribution in [3.05, 3.63) is 206 Å². The first-order valence-corrected chi connectivity index (χ1v) is 21.6. The van der Waals surface area contributed by atoms with Crippen molar-refractivity contribution in [2.24, 2.45) is 0 Å². The van der Waals surface area contributed by atoms with Crippen molar-refractivity contribution in [1.29, 1.82) is 0 Å². The lowest BCUT2D eigenvalue weighted by atomic mass is 10.00. The SMILES string of the molecule is c1ccc(-c2cc(-c3ccccc3)nc(-n3c4ccc(-c5ccc6c(c5)c5cc7c(cc5n6-c5ccccc5)oc5ccccc57)cc4c4cc5c(cc43)oc3ccccc35)n2)cc1. The normalized spacial score (nSPS) is 12.1. The number of rotatable bonds is 5. The summed E-state index contributed by atoms with van der Waals surface area (Å²) in [5.74, 6) is 0.594. The maximum absolute atomic E-state index is 6.52. The van der Waals surface area contributed by atoms with Crippen LogP contribution in [0.4, 0.5) is 0 Å². The average molecular weight is 819 g/mol. The molecule has 0 fully saturated rings. The van der Waals surface area contributed by atoms with Crippen molar-refractivity contribution < 1.29 is 8.83 Å². The standard InChI is InChI=1S/C58H34N4O2/c1-4-14-35(15-5-1)48-32-49(36-16-6-2-7-17-36)60-58(59-48)62-51-27-25-38(29-43(51)45-31-47-41-21-11-13-23-55(41)64-57(47)34-53(45)62)37-24-26-50-42(28-37)44-30-46-40-20-10-12-22-54(40)63-56(46)33-52(44)61(50)39-18-8-3-9-19-39/h1-34H. The molecule has 6 heteroatoms. The van der Waals surface area contributed by atoms with Crippen LogP contribution in [0.2, 0.25) is 0 Å². The number of aromatic nitrogens is 4. The first-order chi connectivity index (χ1) is 31.7. The Bertz CT molecular complexity index is 4120. The van der Waals surface area contributed by atoms with Crippen LogP contribution in [0.3, 0.4) is 0 Å². The summed E-state index contributed by atoms with van der Waals surface area (Å²) in [6.07, 6.45) is 0. The van der Waals surface area contributed by atoms with Gasteiger partial charge in [0.1, 0.15) is 22.3 Å². The molecular weight excluding hydrogens is 785 g/mol. The molecule has 0 atom stereocenters. The minimum absolute atomic E-state index is 0.594. The Hall–Kier alpha value is -8.74. The van der Waals surface area contributed by atoms with Crippen molar-refractivity contribution in [3.63, 3.8) is 0 Å². The zero-order valence-corrected chi connectivity index (χ0v) is 34.2. The third-order valence-electron chi connectivity index (χ3n) is 12.9. The van der Waals surface area contributed by atoms with Gasteiger partial charge in [-0.15, -0.1) is 0 Å². The molecule has 5 heterocycles. The molecule has 0 saturated carbocycles. The summed E-state index contributed by atoms with van der Waals surface area (Å²) < 4.78 is 17.5. The van der Waals surface area contributed by atoms with Gasteiger partial charge in [0.25, 0.3) is 0 Å². The second-order valence-electron chi connectivity index (χ2n) is 16.6. The van der Waals surface area contributed by atoms with Gasteiger partial charge in [-0.05, 0) is 77.9 Å². The van der Waals surface area contributed by atoms with Crippen LogP contribution >= 0.6 is 0 Å². The summed E-state index contributed by atoms with van der Waals surface area (Å²) in [6.45, 7) is 0. The van der Waals surface area contributed by atoms with E-state index in [1.165, 1.54) is 10.8 Å². The van der Waals surface area contributed by atoms with Gasteiger partial charge < -0.3 is 13.4 Å². The number of hydrogen-bond acceptors (Lipinski definition) is 4. The highest BCUT2D eigenvalue weighted by Crippen LogP contribution is 2.43. The van der Waals surface area contributed by atoms with Crippen LogP contribution < -0.4 is 0 Å². The highest BCUT2D eigenvalue weighted by Gasteiger charge is 2.22. The first kappa shape index (κ1) is 34.9. The van der Waals surface area contributed by atoms with Crippen LogP contribution in [0.15, 0.2) is 215 Å². The van der Waals surface area contributed by atoms with Gasteiger partial charge in [-0.1, -0.05) is 127 Å². The van der Waals surface area contributed by atoms with E-state index >= 15 is 0 Å². The van der Waals surface area contributed by atoms with Gasteiger partial charge in [-0.3, -0.25) is 4.57 Å². The highest BCUT2D eigenvalue weighted by molar-refractivity contribution is 6.20. The minimum Gasteiger partial charge on any atom is -0.456 e. The zero-order chi connectivity index (χ0) is 41.9. The van der Waals surface area contributed by atoms with Crippen molar-refractivity contribution in [2.45, 2.75) is 0 Å². The maximum Gasteiger partial charge on any atom is 0.235 e. The van der Waals surface area contributed by atoms with E-state index in [4.69, 9.17) is 18.8 Å². The van der Waals surface area contributed by atoms with E-state index in [1.54, 1.807) is 0 Å². The number of fused-ring (bicyclic) bond motifs is 12. The summed E-state index contributed by atoms with van der Waals surface area (Å²) >= 11 is 0. The minimum atomic E-state index is 0.594. The second-order valence-corrected chi connectivity index (χ2v) is 16.6. The van der Waals surface area contributed by atoms with Gasteiger partial charge in [-0.25, -0.2) is 9.97 Å². The smallest absolute Gasteiger partial charge is 0.235 e. The van der Waals surface area contributed by atoms with Gasteiger partial charge in [0.2, 0.25) is 5.95 Å². The molecule has 0 aliphatic heterocycles. The highest BCUT2D eigenvalue weighted by atomic mass is 16.3. The van der Waals surface area contributed by atoms with E-state index in [0.717, 1.165) is 116 Å². The molecule has 9 aromatic carbocycles. The molecule has 0 N–H and O–H groups in total. The average Bonchev–Trinajstić information content (AvgIpc) is 4.10. The summed E-state index contributed by atoms with van der Waals surface area (Å²) in [5, 5.41) is 8.95. The molecule has 0 bridgehead atoms. The Morgan fingerprint density at radius 1 is 0.281 bits per heavy atom. The van der Waals surface area contributed by atoms with E-state index in [-0.39, 0.29) is 0 Å². The number of benzene rings is 9. The molecular formula is C58H34N4O2. The fourth-order valence-electron chi connectivity index (χ4n) is 9.95. The fraction of sp³-hybridized carbons (Fsp3) is 0. The summed E-state index contributed by atoms with van der Waals surface area (Å²) in [6, 6.07) is 72.5. The fourth-order valence-corrected chi connectivity index (χ4v) is 9.95. The van der Waals surface area contributed by atoms with E-state index in [9.17, 15) is 0 Å². The van der Waals surface area contributed by atoms with Crippen molar-refractivity contribution >= 4 is 87.5 Å². The lowest BCUT2D eigenvalue weighted by molar-refractivity contribution is 0.669. The zero-order valence-electron chi connectivity index (χ0n) is 34.2. The van der Waals surface area contributed by atoms with Gasteiger partial charge >= 0.3 is 0 Å². The predicted molar refractivity (Wildman–Crippen MR) is 262 cm³/mol. The number of hydrogen-bond donors (Lipinski definition) is 0. The molecule has 0 saturated heterocycles. The number of nitrogens with zero attached hydrogens (tertiary/aromatic N) is 4. The lowest BCUT2D eigenvalue weighted by Gasteiger charge is -2.12. The molecule has 14 rings (SSSR count). The Morgan fingerprint density at radius 3 is 1.25 bits per heavy atom. The van der Waals surface area contributed by atoms with E-state index in [0.29, 0.717) is 5.95 Å². The van der Waals surface area contributed by atoms with Crippen molar-refractivity contribution in [1.82, 2.24) is 19.1 Å². The molecule has 0 unspecified atom stereocenters. The van der Waals surface area contributed by atoms with Crippen molar-refractivity contribution in [3.8, 4) is 45.3 Å². The molecule has 0 aliphatic rings. The van der Waals surface area contributed by atoms with Gasteiger partial charge in [0, 0.05) is 72.0 Å². The molecule has 0 aliphatic carbocycles. The Morgan fingerprint density at radius 2 is 0.719 bits per heavy atom. The van der Waals surface area contributed by atoms with Crippen LogP contribution in [-0.2, 0) is 0 Å². The molecule has 5 aromatic heterocycles. The second kappa shape index (κ2) is 13.4. The Labute approximate surface area is 365 Å². The van der Waals surface area contributed by atoms with Crippen LogP contribution in [0.5, 0.6) is 0 Å². The Kier molecular flexibility index (Phi) is 7.30. The van der Waals surface area contributed by atoms with Gasteiger partial charge in [0.05, 0.1) is 33.5 Å². The van der Waals surface area contributed by atoms with Crippen LogP contribution in [0.25, 0.3) is 133 Å². The van der Waals surface area contributed by atoms with Gasteiger partial charge in [0.15, 0.2) is 0 Å². The first-order valence-electron chi connectivity index (χ1n) is 21.6. The third-order valence-corrected chi connectivity index (χ3v) is 12.9. The molecule has 298 valence electrons. The molecule has 0 radical (unpaired) electrons. The molecule has 0 amide bonds. The van der Waals surface area contributed by atoms with Gasteiger partial charge in [-0.2, -0.15) is 0 Å². The molecule has 14 aromatic rings. The summed E-state index contributed by atoms with van der Waals surface area (Å²) in [7, 11) is 0. The predicted octanol–water partition coefficient (Wildman–Crippen LogP) is 15.5. The van der Waals surface area contributed by atoms with E-state index < -0.39 is 0 Å². The Balaban J connectivity index is 1.03. The molecule has 64 heavy (non-hydrogen) atoms. The van der Waals surface area contributed by atoms with Crippen LogP contribution in [0, 0.1) is 0 Å². The monoisotopic (exact) mass is 818 g/mol. The van der Waals surface area contributed by atoms with Crippen LogP contribution in [-0.4, -0.2) is 19.1 Å². The topological polar surface area (TPSA) is 61.9 Å². The number of furan rings is 2. The van der Waals surface area contributed by atoms with Crippen LogP contribution in [0.1, 0.15) is 0 Å². The molecule has 0 spiro atoms. The molecule has 6 nitrogen and oxygen atoms in total. The lowest BCUT2D eigenvalue weighted by Crippen LogP contribution is -2.04. The number of para-hydroxylation sites is 3.